The molecule has 2 aromatic heterocycles. The summed E-state index contributed by atoms with van der Waals surface area (Å²) in [6.45, 7) is 1.79. The number of hydrogen-bond donors (Lipinski definition) is 1. The zero-order valence-electron chi connectivity index (χ0n) is 9.21. The van der Waals surface area contributed by atoms with Crippen LogP contribution in [0.25, 0.3) is 16.7 Å². The van der Waals surface area contributed by atoms with Crippen LogP contribution in [0.15, 0.2) is 41.3 Å². The highest BCUT2D eigenvalue weighted by atomic mass is 16.1. The molecule has 84 valence electrons. The van der Waals surface area contributed by atoms with Gasteiger partial charge >= 0.3 is 0 Å². The summed E-state index contributed by atoms with van der Waals surface area (Å²) in [5.41, 5.74) is 1.21. The average Bonchev–Trinajstić information content (AvgIpc) is 2.67. The Morgan fingerprint density at radius 3 is 2.76 bits per heavy atom. The topological polar surface area (TPSA) is 63.6 Å². The number of aryl methyl sites for hydroxylation is 1. The van der Waals surface area contributed by atoms with Crippen LogP contribution in [0.2, 0.25) is 0 Å². The molecule has 0 aliphatic heterocycles. The van der Waals surface area contributed by atoms with E-state index in [1.54, 1.807) is 13.1 Å². The highest BCUT2D eigenvalue weighted by Gasteiger charge is 2.09. The Kier molecular flexibility index (Phi) is 2.04. The quantitative estimate of drug-likeness (QED) is 0.682. The average molecular weight is 226 g/mol. The zero-order valence-corrected chi connectivity index (χ0v) is 9.21. The van der Waals surface area contributed by atoms with Crippen molar-refractivity contribution in [2.45, 2.75) is 6.92 Å². The van der Waals surface area contributed by atoms with Crippen LogP contribution in [0.1, 0.15) is 5.82 Å². The molecule has 5 heteroatoms. The number of nitrogens with one attached hydrogen (secondary N) is 1. The van der Waals surface area contributed by atoms with Gasteiger partial charge < -0.3 is 0 Å². The number of H-pyrrole nitrogens is 1. The van der Waals surface area contributed by atoms with E-state index in [0.717, 1.165) is 5.69 Å². The predicted octanol–water partition coefficient (Wildman–Crippen LogP) is 1.42. The van der Waals surface area contributed by atoms with E-state index < -0.39 is 0 Å². The van der Waals surface area contributed by atoms with Crippen LogP contribution in [-0.2, 0) is 0 Å². The number of rotatable bonds is 1. The number of aromatic amines is 1. The minimum atomic E-state index is -0.133. The smallest absolute Gasteiger partial charge is 0.273 e. The fourth-order valence-electron chi connectivity index (χ4n) is 1.75. The first kappa shape index (κ1) is 9.77. The fraction of sp³-hybridized carbons (Fsp3) is 0.0833. The maximum Gasteiger partial charge on any atom is 0.282 e. The Balaban J connectivity index is 2.32. The monoisotopic (exact) mass is 226 g/mol. The molecular formula is C12H10N4O. The molecule has 0 atom stereocenters. The lowest BCUT2D eigenvalue weighted by Gasteiger charge is -1.98. The highest BCUT2D eigenvalue weighted by molar-refractivity contribution is 5.73. The summed E-state index contributed by atoms with van der Waals surface area (Å²) < 4.78 is 1.47. The van der Waals surface area contributed by atoms with Crippen LogP contribution in [0.3, 0.4) is 0 Å². The first-order valence-corrected chi connectivity index (χ1v) is 5.25. The van der Waals surface area contributed by atoms with E-state index in [1.165, 1.54) is 4.68 Å². The number of para-hydroxylation sites is 1. The van der Waals surface area contributed by atoms with E-state index >= 15 is 0 Å². The molecule has 3 aromatic rings. The second-order valence-corrected chi connectivity index (χ2v) is 3.77. The molecule has 5 nitrogen and oxygen atoms in total. The lowest BCUT2D eigenvalue weighted by atomic mass is 10.3. The predicted molar refractivity (Wildman–Crippen MR) is 64.2 cm³/mol. The molecule has 0 aliphatic carbocycles. The van der Waals surface area contributed by atoms with Gasteiger partial charge in [0.25, 0.3) is 5.56 Å². The number of nitrogens with zero attached hydrogens (tertiary/aromatic N) is 3. The van der Waals surface area contributed by atoms with Crippen molar-refractivity contribution < 1.29 is 0 Å². The second kappa shape index (κ2) is 3.55. The molecule has 3 rings (SSSR count). The summed E-state index contributed by atoms with van der Waals surface area (Å²) in [4.78, 5) is 20.3. The van der Waals surface area contributed by atoms with Crippen molar-refractivity contribution in [3.8, 4) is 5.69 Å². The van der Waals surface area contributed by atoms with Crippen molar-refractivity contribution in [3.05, 3.63) is 52.7 Å². The van der Waals surface area contributed by atoms with E-state index in [4.69, 9.17) is 0 Å². The molecule has 1 aromatic carbocycles. The molecule has 0 unspecified atom stereocenters. The summed E-state index contributed by atoms with van der Waals surface area (Å²) >= 11 is 0. The molecule has 2 heterocycles. The Labute approximate surface area is 96.7 Å². The summed E-state index contributed by atoms with van der Waals surface area (Å²) in [5, 5.41) is 3.47. The van der Waals surface area contributed by atoms with Crippen LogP contribution in [0, 0.1) is 6.92 Å². The van der Waals surface area contributed by atoms with E-state index in [2.05, 4.69) is 15.1 Å². The van der Waals surface area contributed by atoms with E-state index in [0.29, 0.717) is 16.9 Å². The molecule has 0 saturated heterocycles. The first-order valence-electron chi connectivity index (χ1n) is 5.25. The van der Waals surface area contributed by atoms with Gasteiger partial charge in [-0.25, -0.2) is 14.6 Å². The molecule has 0 radical (unpaired) electrons. The van der Waals surface area contributed by atoms with Crippen molar-refractivity contribution in [2.24, 2.45) is 0 Å². The number of hydrogen-bond acceptors (Lipinski definition) is 3. The first-order chi connectivity index (χ1) is 8.25. The van der Waals surface area contributed by atoms with Crippen LogP contribution in [-0.4, -0.2) is 19.7 Å². The molecule has 17 heavy (non-hydrogen) atoms. The van der Waals surface area contributed by atoms with Gasteiger partial charge in [-0.3, -0.25) is 9.89 Å². The third-order valence-electron chi connectivity index (χ3n) is 2.57. The van der Waals surface area contributed by atoms with Gasteiger partial charge in [0.2, 0.25) is 0 Å². The molecule has 0 aliphatic rings. The van der Waals surface area contributed by atoms with E-state index in [9.17, 15) is 4.79 Å². The minimum Gasteiger partial charge on any atom is -0.273 e. The Morgan fingerprint density at radius 2 is 2.00 bits per heavy atom. The summed E-state index contributed by atoms with van der Waals surface area (Å²) in [6, 6.07) is 9.38. The van der Waals surface area contributed by atoms with Gasteiger partial charge in [0.1, 0.15) is 11.2 Å². The van der Waals surface area contributed by atoms with Crippen LogP contribution >= 0.6 is 0 Å². The largest absolute Gasteiger partial charge is 0.282 e. The molecule has 0 spiro atoms. The van der Waals surface area contributed by atoms with Crippen molar-refractivity contribution >= 4 is 11.0 Å². The Hall–Kier alpha value is -2.43. The third-order valence-corrected chi connectivity index (χ3v) is 2.57. The van der Waals surface area contributed by atoms with Gasteiger partial charge in [-0.05, 0) is 19.1 Å². The molecule has 0 bridgehead atoms. The number of aromatic nitrogens is 4. The molecule has 0 saturated carbocycles. The van der Waals surface area contributed by atoms with Gasteiger partial charge in [-0.15, -0.1) is 0 Å². The summed E-state index contributed by atoms with van der Waals surface area (Å²) in [7, 11) is 0. The SMILES string of the molecule is Cc1ncc2c(=O)n(-c3ccccc3)[nH]c2n1. The standard InChI is InChI=1S/C12H10N4O/c1-8-13-7-10-11(14-8)15-16(12(10)17)9-5-3-2-4-6-9/h2-7H,1H3,(H,13,14,15). The highest BCUT2D eigenvalue weighted by Crippen LogP contribution is 2.07. The van der Waals surface area contributed by atoms with E-state index in [-0.39, 0.29) is 5.56 Å². The minimum absolute atomic E-state index is 0.133. The molecule has 1 N–H and O–H groups in total. The second-order valence-electron chi connectivity index (χ2n) is 3.77. The van der Waals surface area contributed by atoms with Gasteiger partial charge in [-0.2, -0.15) is 0 Å². The van der Waals surface area contributed by atoms with Crippen LogP contribution < -0.4 is 5.56 Å². The summed E-state index contributed by atoms with van der Waals surface area (Å²) in [5.74, 6) is 0.638. The normalized spacial score (nSPS) is 10.9. The van der Waals surface area contributed by atoms with E-state index in [1.807, 2.05) is 30.3 Å². The lowest BCUT2D eigenvalue weighted by Crippen LogP contribution is -2.13. The van der Waals surface area contributed by atoms with Crippen molar-refractivity contribution in [3.63, 3.8) is 0 Å². The van der Waals surface area contributed by atoms with Gasteiger partial charge in [0.15, 0.2) is 5.65 Å². The van der Waals surface area contributed by atoms with Crippen molar-refractivity contribution in [1.82, 2.24) is 19.7 Å². The van der Waals surface area contributed by atoms with Gasteiger partial charge in [0.05, 0.1) is 5.69 Å². The zero-order chi connectivity index (χ0) is 11.8. The fourth-order valence-corrected chi connectivity index (χ4v) is 1.75. The Bertz CT molecular complexity index is 727. The maximum atomic E-state index is 12.1. The lowest BCUT2D eigenvalue weighted by molar-refractivity contribution is 0.857. The number of fused-ring (bicyclic) bond motifs is 1. The third kappa shape index (κ3) is 1.52. The Morgan fingerprint density at radius 1 is 1.24 bits per heavy atom. The maximum absolute atomic E-state index is 12.1. The summed E-state index contributed by atoms with van der Waals surface area (Å²) in [6.07, 6.45) is 1.55. The molecule has 0 fully saturated rings. The van der Waals surface area contributed by atoms with Crippen molar-refractivity contribution in [1.29, 1.82) is 0 Å². The van der Waals surface area contributed by atoms with Gasteiger partial charge in [-0.1, -0.05) is 18.2 Å². The van der Waals surface area contributed by atoms with Crippen LogP contribution in [0.4, 0.5) is 0 Å². The molecule has 0 amide bonds. The molecular weight excluding hydrogens is 216 g/mol. The van der Waals surface area contributed by atoms with Gasteiger partial charge in [0, 0.05) is 6.20 Å². The number of benzene rings is 1. The van der Waals surface area contributed by atoms with Crippen molar-refractivity contribution in [2.75, 3.05) is 0 Å². The van der Waals surface area contributed by atoms with Crippen LogP contribution in [0.5, 0.6) is 0 Å².